The highest BCUT2D eigenvalue weighted by molar-refractivity contribution is 5.84. The molecule has 1 amide bonds. The van der Waals surface area contributed by atoms with Gasteiger partial charge in [-0.05, 0) is 153 Å². The molecule has 1 aliphatic heterocycles. The molecule has 4 unspecified atom stereocenters. The molecule has 7 aliphatic rings. The zero-order valence-electron chi connectivity index (χ0n) is 33.5. The smallest absolute Gasteiger partial charge is 0.302 e. The van der Waals surface area contributed by atoms with Gasteiger partial charge < -0.3 is 14.6 Å². The van der Waals surface area contributed by atoms with Crippen molar-refractivity contribution in [3.63, 3.8) is 0 Å². The highest BCUT2D eigenvalue weighted by Crippen LogP contribution is 2.79. The first kappa shape index (κ1) is 36.0. The molecule has 0 radical (unpaired) electrons. The Hall–Kier alpha value is -2.70. The molecule has 7 fully saturated rings. The number of halogens is 1. The number of fused-ring (bicyclic) bond motifs is 7. The molecule has 11 atom stereocenters. The van der Waals surface area contributed by atoms with Crippen LogP contribution < -0.4 is 0 Å². The van der Waals surface area contributed by atoms with E-state index in [1.165, 1.54) is 51.0 Å². The molecule has 0 bridgehead atoms. The summed E-state index contributed by atoms with van der Waals surface area (Å²) in [5.41, 5.74) is 2.26. The second-order valence-corrected chi connectivity index (χ2v) is 21.0. The molecule has 53 heavy (non-hydrogen) atoms. The van der Waals surface area contributed by atoms with Crippen LogP contribution in [0.2, 0.25) is 0 Å². The predicted octanol–water partition coefficient (Wildman–Crippen LogP) is 10.7. The van der Waals surface area contributed by atoms with Crippen LogP contribution in [0, 0.1) is 67.9 Å². The number of aromatic nitrogens is 2. The number of hydrogen-bond donors (Lipinski definition) is 1. The molecule has 1 aromatic carbocycles. The van der Waals surface area contributed by atoms with E-state index in [1.54, 1.807) is 19.1 Å². The number of H-pyrrole nitrogens is 1. The maximum absolute atomic E-state index is 15.6. The number of nitrogens with zero attached hydrogens (tertiary/aromatic N) is 2. The van der Waals surface area contributed by atoms with Crippen LogP contribution in [-0.2, 0) is 14.3 Å². The highest BCUT2D eigenvalue weighted by Gasteiger charge is 2.74. The van der Waals surface area contributed by atoms with Gasteiger partial charge in [-0.1, -0.05) is 53.7 Å². The molecule has 6 saturated carbocycles. The van der Waals surface area contributed by atoms with Crippen LogP contribution in [0.15, 0.2) is 30.5 Å². The molecule has 6 nitrogen and oxygen atoms in total. The fourth-order valence-corrected chi connectivity index (χ4v) is 15.6. The van der Waals surface area contributed by atoms with E-state index in [-0.39, 0.29) is 51.0 Å². The van der Waals surface area contributed by atoms with Crippen LogP contribution >= 0.6 is 0 Å². The lowest BCUT2D eigenvalue weighted by Crippen LogP contribution is -2.67. The van der Waals surface area contributed by atoms with Crippen molar-refractivity contribution in [3.8, 4) is 11.3 Å². The van der Waals surface area contributed by atoms with Crippen LogP contribution in [0.4, 0.5) is 4.39 Å². The Kier molecular flexibility index (Phi) is 8.08. The number of rotatable bonds is 5. The van der Waals surface area contributed by atoms with Crippen molar-refractivity contribution in [2.75, 3.05) is 6.54 Å². The van der Waals surface area contributed by atoms with Gasteiger partial charge >= 0.3 is 5.97 Å². The summed E-state index contributed by atoms with van der Waals surface area (Å²) in [6, 6.07) is 6.61. The Morgan fingerprint density at radius 1 is 0.849 bits per heavy atom. The van der Waals surface area contributed by atoms with E-state index in [0.717, 1.165) is 68.6 Å². The van der Waals surface area contributed by atoms with Gasteiger partial charge in [0.15, 0.2) is 0 Å². The summed E-state index contributed by atoms with van der Waals surface area (Å²) in [4.78, 5) is 38.3. The molecule has 1 N–H and O–H groups in total. The first-order valence-electron chi connectivity index (χ1n) is 21.4. The lowest BCUT2D eigenvalue weighted by atomic mass is 9.32. The molecule has 2 aromatic rings. The molecule has 2 heterocycles. The summed E-state index contributed by atoms with van der Waals surface area (Å²) in [6.45, 7) is 17.7. The minimum atomic E-state index is -0.296. The fourth-order valence-electron chi connectivity index (χ4n) is 15.6. The Morgan fingerprint density at radius 2 is 1.64 bits per heavy atom. The Balaban J connectivity index is 1.04. The van der Waals surface area contributed by atoms with Gasteiger partial charge in [0, 0.05) is 24.4 Å². The Labute approximate surface area is 317 Å². The standard InChI is InChI=1S/C46H64FN3O3/c1-28(51)53-37-17-18-43(5)35(41(37,2)3)16-19-45(7)36(43)14-13-32-38-31(42(4)21-22-42)15-20-46(38,24-23-44(32,45)6)40(52)50-25-9-12-34(50)39-48-27-33(49-39)29-10-8-11-30(47)26-29/h8,10-11,26-27,31-32,34-38H,9,12-25H2,1-7H3,(H,48,49)/t31?,32-,34+,35?,36?,37+,38?,43+,44-,45-,46+/m1/s1. The van der Waals surface area contributed by atoms with E-state index < -0.39 is 0 Å². The Morgan fingerprint density at radius 3 is 2.38 bits per heavy atom. The van der Waals surface area contributed by atoms with Crippen LogP contribution in [0.25, 0.3) is 11.3 Å². The second kappa shape index (κ2) is 11.9. The highest BCUT2D eigenvalue weighted by atomic mass is 19.1. The van der Waals surface area contributed by atoms with E-state index in [9.17, 15) is 9.18 Å². The molecule has 288 valence electrons. The quantitative estimate of drug-likeness (QED) is 0.311. The van der Waals surface area contributed by atoms with Gasteiger partial charge in [0.25, 0.3) is 0 Å². The topological polar surface area (TPSA) is 75.3 Å². The van der Waals surface area contributed by atoms with Gasteiger partial charge in [0.1, 0.15) is 17.7 Å². The largest absolute Gasteiger partial charge is 0.462 e. The van der Waals surface area contributed by atoms with Gasteiger partial charge in [0.2, 0.25) is 5.91 Å². The molecule has 7 heteroatoms. The maximum Gasteiger partial charge on any atom is 0.302 e. The average Bonchev–Trinajstić information content (AvgIpc) is 3.49. The lowest BCUT2D eigenvalue weighted by Gasteiger charge is -2.73. The summed E-state index contributed by atoms with van der Waals surface area (Å²) in [7, 11) is 0. The van der Waals surface area contributed by atoms with Gasteiger partial charge in [-0.15, -0.1) is 0 Å². The Bertz CT molecular complexity index is 1800. The predicted molar refractivity (Wildman–Crippen MR) is 205 cm³/mol. The van der Waals surface area contributed by atoms with Crippen molar-refractivity contribution < 1.29 is 18.7 Å². The van der Waals surface area contributed by atoms with Crippen molar-refractivity contribution in [2.45, 2.75) is 151 Å². The van der Waals surface area contributed by atoms with Gasteiger partial charge in [-0.25, -0.2) is 9.37 Å². The maximum atomic E-state index is 15.6. The number of ether oxygens (including phenoxy) is 1. The number of imidazole rings is 1. The van der Waals surface area contributed by atoms with Gasteiger partial charge in [-0.3, -0.25) is 9.59 Å². The molecule has 0 spiro atoms. The van der Waals surface area contributed by atoms with Crippen LogP contribution in [0.5, 0.6) is 0 Å². The number of likely N-dealkylation sites (tertiary alicyclic amines) is 1. The van der Waals surface area contributed by atoms with E-state index >= 15 is 4.79 Å². The zero-order valence-corrected chi connectivity index (χ0v) is 33.5. The minimum absolute atomic E-state index is 0.00212. The first-order chi connectivity index (χ1) is 25.1. The van der Waals surface area contributed by atoms with Crippen molar-refractivity contribution in [1.82, 2.24) is 14.9 Å². The van der Waals surface area contributed by atoms with E-state index in [2.05, 4.69) is 51.4 Å². The number of carbonyl (C=O) groups is 2. The summed E-state index contributed by atoms with van der Waals surface area (Å²) in [5, 5.41) is 0. The van der Waals surface area contributed by atoms with Crippen molar-refractivity contribution in [2.24, 2.45) is 62.1 Å². The molecule has 9 rings (SSSR count). The zero-order chi connectivity index (χ0) is 37.3. The third-order valence-corrected chi connectivity index (χ3v) is 18.6. The van der Waals surface area contributed by atoms with Gasteiger partial charge in [-0.2, -0.15) is 0 Å². The van der Waals surface area contributed by atoms with E-state index in [1.807, 2.05) is 12.3 Å². The second-order valence-electron chi connectivity index (χ2n) is 21.0. The molecule has 1 saturated heterocycles. The molecule has 1 aromatic heterocycles. The number of nitrogens with one attached hydrogen (secondary N) is 1. The van der Waals surface area contributed by atoms with Crippen LogP contribution in [-0.4, -0.2) is 39.4 Å². The van der Waals surface area contributed by atoms with Crippen molar-refractivity contribution >= 4 is 11.9 Å². The lowest BCUT2D eigenvalue weighted by molar-refractivity contribution is -0.251. The number of hydrogen-bond acceptors (Lipinski definition) is 4. The normalized spacial score (nSPS) is 43.6. The molecular weight excluding hydrogens is 662 g/mol. The number of esters is 1. The summed E-state index contributed by atoms with van der Waals surface area (Å²) >= 11 is 0. The van der Waals surface area contributed by atoms with E-state index in [4.69, 9.17) is 9.72 Å². The van der Waals surface area contributed by atoms with E-state index in [0.29, 0.717) is 40.9 Å². The number of aromatic amines is 1. The number of amides is 1. The SMILES string of the molecule is CC(=O)O[C@H]1CC[C@@]2(C)C(CC[C@]3(C)C2CC[C@@H]2C4C(C5(C)CC5)CC[C@]4(C(=O)N4CCC[C@H]4c4ncc(-c5cccc(F)c5)[nH]4)CC[C@]23C)C1(C)C. The minimum Gasteiger partial charge on any atom is -0.462 e. The number of benzene rings is 1. The van der Waals surface area contributed by atoms with Crippen molar-refractivity contribution in [3.05, 3.63) is 42.1 Å². The third-order valence-electron chi connectivity index (χ3n) is 18.6. The van der Waals surface area contributed by atoms with Crippen molar-refractivity contribution in [1.29, 1.82) is 0 Å². The monoisotopic (exact) mass is 725 g/mol. The molecular formula is C46H64FN3O3. The van der Waals surface area contributed by atoms with Gasteiger partial charge in [0.05, 0.1) is 23.3 Å². The summed E-state index contributed by atoms with van der Waals surface area (Å²) in [5.74, 6) is 3.64. The average molecular weight is 726 g/mol. The van der Waals surface area contributed by atoms with Crippen LogP contribution in [0.1, 0.15) is 150 Å². The first-order valence-corrected chi connectivity index (χ1v) is 21.4. The summed E-state index contributed by atoms with van der Waals surface area (Å²) in [6.07, 6.45) is 17.7. The molecule has 6 aliphatic carbocycles. The third kappa shape index (κ3) is 5.02. The summed E-state index contributed by atoms with van der Waals surface area (Å²) < 4.78 is 20.1. The fraction of sp³-hybridized carbons (Fsp3) is 0.761. The number of carbonyl (C=O) groups excluding carboxylic acids is 2. The van der Waals surface area contributed by atoms with Crippen LogP contribution in [0.3, 0.4) is 0 Å².